The number of ether oxygens (including phenoxy) is 6. The van der Waals surface area contributed by atoms with Gasteiger partial charge in [0.05, 0.1) is 38.6 Å². The molecular formula is C72H139NO18. The fourth-order valence-electron chi connectivity index (χ4n) is 13.3. The van der Waals surface area contributed by atoms with Gasteiger partial charge in [0.15, 0.2) is 18.9 Å². The van der Waals surface area contributed by atoms with E-state index < -0.39 is 124 Å². The highest BCUT2D eigenvalue weighted by Gasteiger charge is 2.53. The summed E-state index contributed by atoms with van der Waals surface area (Å²) in [4.78, 5) is 13.4. The Bertz CT molecular complexity index is 1650. The van der Waals surface area contributed by atoms with E-state index in [1.165, 1.54) is 244 Å². The fraction of sp³-hybridized carbons (Fsp3) is 0.986. The fourth-order valence-corrected chi connectivity index (χ4v) is 13.3. The zero-order valence-corrected chi connectivity index (χ0v) is 57.4. The number of aliphatic hydroxyl groups excluding tert-OH is 11. The minimum Gasteiger partial charge on any atom is -0.394 e. The lowest BCUT2D eigenvalue weighted by molar-refractivity contribution is -0.379. The zero-order valence-electron chi connectivity index (χ0n) is 57.4. The van der Waals surface area contributed by atoms with E-state index in [0.717, 1.165) is 44.9 Å². The highest BCUT2D eigenvalue weighted by molar-refractivity contribution is 5.76. The summed E-state index contributed by atoms with van der Waals surface area (Å²) in [5, 5.41) is 120. The van der Waals surface area contributed by atoms with Gasteiger partial charge in [-0.05, 0) is 12.8 Å². The molecule has 0 aliphatic carbocycles. The summed E-state index contributed by atoms with van der Waals surface area (Å²) in [7, 11) is 0. The summed E-state index contributed by atoms with van der Waals surface area (Å²) < 4.78 is 34.4. The molecule has 19 nitrogen and oxygen atoms in total. The van der Waals surface area contributed by atoms with Crippen LogP contribution in [0.4, 0.5) is 0 Å². The van der Waals surface area contributed by atoms with Gasteiger partial charge in [-0.25, -0.2) is 0 Å². The van der Waals surface area contributed by atoms with Crippen LogP contribution in [-0.4, -0.2) is 193 Å². The first-order valence-electron chi connectivity index (χ1n) is 37.8. The molecular weight excluding hydrogens is 1170 g/mol. The third-order valence-corrected chi connectivity index (χ3v) is 19.4. The summed E-state index contributed by atoms with van der Waals surface area (Å²) in [6.45, 7) is 1.81. The predicted octanol–water partition coefficient (Wildman–Crippen LogP) is 11.1. The molecule has 3 aliphatic heterocycles. The SMILES string of the molecule is CCCCCCCCCCCCCCCCCCCCCCCCCCCCCCCCCCCCCCC(=O)NC(COC1OC(CO)C(OC2OC(CO)C(OC3OC(CO)C(O)C(O)C3O)C(O)C2O)C(O)C1O)C(O)CCCCCCCCCCCC. The molecule has 0 aromatic rings. The Balaban J connectivity index is 1.27. The molecule has 0 saturated carbocycles. The highest BCUT2D eigenvalue weighted by atomic mass is 16.8. The minimum atomic E-state index is -1.97. The molecule has 3 fully saturated rings. The van der Waals surface area contributed by atoms with Crippen molar-refractivity contribution in [2.75, 3.05) is 26.4 Å². The maximum Gasteiger partial charge on any atom is 0.220 e. The third kappa shape index (κ3) is 36.3. The van der Waals surface area contributed by atoms with Crippen molar-refractivity contribution < 1.29 is 89.4 Å². The van der Waals surface area contributed by atoms with E-state index in [0.29, 0.717) is 12.8 Å². The van der Waals surface area contributed by atoms with Crippen molar-refractivity contribution in [3.63, 3.8) is 0 Å². The number of carbonyl (C=O) groups excluding carboxylic acids is 1. The van der Waals surface area contributed by atoms with Crippen molar-refractivity contribution >= 4 is 5.91 Å². The van der Waals surface area contributed by atoms with Crippen LogP contribution >= 0.6 is 0 Å². The second-order valence-electron chi connectivity index (χ2n) is 27.5. The Morgan fingerprint density at radius 2 is 0.626 bits per heavy atom. The maximum absolute atomic E-state index is 13.4. The molecule has 3 heterocycles. The molecule has 91 heavy (non-hydrogen) atoms. The standard InChI is InChI=1S/C72H139NO18/c1-3-5-7-9-11-13-15-16-17-18-19-20-21-22-23-24-25-26-27-28-29-30-31-32-33-34-35-36-37-38-39-40-42-44-46-48-50-60(78)73-55(56(77)49-47-45-43-41-14-12-10-8-6-4-2)54-86-70-66(84)63(81)68(58(52-75)88-70)91-72-67(85)64(82)69(59(53-76)89-72)90-71-65(83)62(80)61(79)57(51-74)87-71/h55-59,61-72,74-77,79-85H,3-54H2,1-2H3,(H,73,78). The molecule has 0 spiro atoms. The average molecular weight is 1310 g/mol. The van der Waals surface area contributed by atoms with Gasteiger partial charge >= 0.3 is 0 Å². The monoisotopic (exact) mass is 1310 g/mol. The summed E-state index contributed by atoms with van der Waals surface area (Å²) in [6, 6.07) is -0.880. The van der Waals surface area contributed by atoms with Gasteiger partial charge in [-0.3, -0.25) is 4.79 Å². The van der Waals surface area contributed by atoms with Crippen molar-refractivity contribution in [2.45, 2.75) is 426 Å². The Morgan fingerprint density at radius 3 is 0.956 bits per heavy atom. The Kier molecular flexibility index (Phi) is 50.6. The zero-order chi connectivity index (χ0) is 66.1. The van der Waals surface area contributed by atoms with Crippen LogP contribution in [0.25, 0.3) is 0 Å². The van der Waals surface area contributed by atoms with Gasteiger partial charge in [-0.1, -0.05) is 303 Å². The van der Waals surface area contributed by atoms with E-state index in [1.807, 2.05) is 0 Å². The van der Waals surface area contributed by atoms with Crippen LogP contribution in [-0.2, 0) is 33.2 Å². The van der Waals surface area contributed by atoms with Crippen LogP contribution in [0.3, 0.4) is 0 Å². The first-order valence-corrected chi connectivity index (χ1v) is 37.8. The van der Waals surface area contributed by atoms with Crippen molar-refractivity contribution in [2.24, 2.45) is 0 Å². The average Bonchev–Trinajstić information content (AvgIpc) is 0.906. The molecule has 0 bridgehead atoms. The van der Waals surface area contributed by atoms with Gasteiger partial charge in [0, 0.05) is 6.42 Å². The van der Waals surface area contributed by atoms with Gasteiger partial charge in [-0.2, -0.15) is 0 Å². The molecule has 0 radical (unpaired) electrons. The summed E-state index contributed by atoms with van der Waals surface area (Å²) in [6.07, 6.45) is 33.9. The first kappa shape index (κ1) is 84.0. The van der Waals surface area contributed by atoms with Gasteiger partial charge in [0.2, 0.25) is 5.91 Å². The molecule has 17 unspecified atom stereocenters. The summed E-state index contributed by atoms with van der Waals surface area (Å²) >= 11 is 0. The smallest absolute Gasteiger partial charge is 0.220 e. The second kappa shape index (κ2) is 54.8. The van der Waals surface area contributed by atoms with Gasteiger partial charge in [-0.15, -0.1) is 0 Å². The predicted molar refractivity (Wildman–Crippen MR) is 356 cm³/mol. The summed E-state index contributed by atoms with van der Waals surface area (Å²) in [5.41, 5.74) is 0. The number of hydrogen-bond donors (Lipinski definition) is 12. The number of aliphatic hydroxyl groups is 11. The van der Waals surface area contributed by atoms with Crippen LogP contribution < -0.4 is 5.32 Å². The van der Waals surface area contributed by atoms with Crippen LogP contribution in [0.15, 0.2) is 0 Å². The normalized spacial score (nSPS) is 27.8. The lowest BCUT2D eigenvalue weighted by atomic mass is 9.96. The molecule has 0 aromatic carbocycles. The maximum atomic E-state index is 13.4. The molecule has 1 amide bonds. The lowest BCUT2D eigenvalue weighted by Gasteiger charge is -2.48. The van der Waals surface area contributed by atoms with Gasteiger partial charge in [0.1, 0.15) is 73.2 Å². The van der Waals surface area contributed by atoms with Crippen molar-refractivity contribution in [3.8, 4) is 0 Å². The number of nitrogens with one attached hydrogen (secondary N) is 1. The van der Waals surface area contributed by atoms with Crippen LogP contribution in [0.5, 0.6) is 0 Å². The molecule has 540 valence electrons. The molecule has 3 saturated heterocycles. The molecule has 0 aromatic heterocycles. The Labute approximate surface area is 551 Å². The van der Waals surface area contributed by atoms with Crippen LogP contribution in [0.2, 0.25) is 0 Å². The van der Waals surface area contributed by atoms with Crippen molar-refractivity contribution in [3.05, 3.63) is 0 Å². The van der Waals surface area contributed by atoms with Gasteiger partial charge < -0.3 is 89.9 Å². The van der Waals surface area contributed by atoms with E-state index in [1.54, 1.807) is 0 Å². The Morgan fingerprint density at radius 1 is 0.352 bits per heavy atom. The molecule has 17 atom stereocenters. The number of carbonyl (C=O) groups is 1. The number of rotatable bonds is 60. The van der Waals surface area contributed by atoms with Gasteiger partial charge in [0.25, 0.3) is 0 Å². The lowest BCUT2D eigenvalue weighted by Crippen LogP contribution is -2.66. The quantitative estimate of drug-likeness (QED) is 0.0252. The summed E-state index contributed by atoms with van der Waals surface area (Å²) in [5.74, 6) is -0.237. The first-order chi connectivity index (χ1) is 44.3. The van der Waals surface area contributed by atoms with E-state index in [9.17, 15) is 61.0 Å². The molecule has 3 rings (SSSR count). The van der Waals surface area contributed by atoms with E-state index in [-0.39, 0.29) is 18.9 Å². The number of amides is 1. The highest BCUT2D eigenvalue weighted by Crippen LogP contribution is 2.33. The van der Waals surface area contributed by atoms with Crippen molar-refractivity contribution in [1.29, 1.82) is 0 Å². The Hall–Kier alpha value is -1.21. The molecule has 19 heteroatoms. The van der Waals surface area contributed by atoms with Crippen LogP contribution in [0.1, 0.15) is 322 Å². The number of hydrogen-bond acceptors (Lipinski definition) is 18. The second-order valence-corrected chi connectivity index (χ2v) is 27.5. The largest absolute Gasteiger partial charge is 0.394 e. The van der Waals surface area contributed by atoms with E-state index in [2.05, 4.69) is 19.2 Å². The number of unbranched alkanes of at least 4 members (excludes halogenated alkanes) is 44. The minimum absolute atomic E-state index is 0.237. The van der Waals surface area contributed by atoms with E-state index >= 15 is 0 Å². The van der Waals surface area contributed by atoms with Crippen LogP contribution in [0, 0.1) is 0 Å². The third-order valence-electron chi connectivity index (χ3n) is 19.4. The molecule has 12 N–H and O–H groups in total. The van der Waals surface area contributed by atoms with Crippen molar-refractivity contribution in [1.82, 2.24) is 5.32 Å². The van der Waals surface area contributed by atoms with E-state index in [4.69, 9.17) is 28.4 Å². The molecule has 3 aliphatic rings. The topological polar surface area (TPSA) is 307 Å².